The third-order valence-electron chi connectivity index (χ3n) is 4.54. The van der Waals surface area contributed by atoms with Crippen LogP contribution in [0.4, 0.5) is 0 Å². The fourth-order valence-corrected chi connectivity index (χ4v) is 3.64. The van der Waals surface area contributed by atoms with E-state index in [1.54, 1.807) is 17.8 Å². The molecule has 3 heterocycles. The molecule has 6 heteroatoms. The quantitative estimate of drug-likeness (QED) is 0.751. The molecular weight excluding hydrogens is 356 g/mol. The largest absolute Gasteiger partial charge is 0.496 e. The maximum Gasteiger partial charge on any atom is 0.155 e. The van der Waals surface area contributed by atoms with Crippen LogP contribution in [0, 0.1) is 0 Å². The van der Waals surface area contributed by atoms with E-state index in [2.05, 4.69) is 39.2 Å². The molecule has 5 nitrogen and oxygen atoms in total. The van der Waals surface area contributed by atoms with E-state index in [1.165, 1.54) is 11.1 Å². The molecule has 0 saturated carbocycles. The van der Waals surface area contributed by atoms with Crippen LogP contribution in [0.5, 0.6) is 5.75 Å². The van der Waals surface area contributed by atoms with Crippen LogP contribution in [-0.2, 0) is 12.0 Å². The van der Waals surface area contributed by atoms with Crippen LogP contribution in [0.15, 0.2) is 41.1 Å². The summed E-state index contributed by atoms with van der Waals surface area (Å²) in [5.74, 6) is 0.944. The number of nitrogens with zero attached hydrogens (tertiary/aromatic N) is 3. The van der Waals surface area contributed by atoms with Crippen molar-refractivity contribution in [2.75, 3.05) is 13.7 Å². The number of fused-ring (bicyclic) bond motifs is 2. The molecule has 0 bridgehead atoms. The molecule has 118 valence electrons. The molecular formula is C17H17BrN4O. The van der Waals surface area contributed by atoms with Crippen molar-refractivity contribution in [3.05, 3.63) is 58.0 Å². The van der Waals surface area contributed by atoms with Gasteiger partial charge in [-0.15, -0.1) is 0 Å². The number of hydrogen-bond donors (Lipinski definition) is 1. The zero-order chi connectivity index (χ0) is 16.0. The molecule has 23 heavy (non-hydrogen) atoms. The van der Waals surface area contributed by atoms with Crippen molar-refractivity contribution in [2.24, 2.45) is 0 Å². The molecule has 0 aliphatic carbocycles. The summed E-state index contributed by atoms with van der Waals surface area (Å²) < 4.78 is 8.26. The van der Waals surface area contributed by atoms with E-state index in [9.17, 15) is 0 Å². The van der Waals surface area contributed by atoms with Gasteiger partial charge in [0.25, 0.3) is 0 Å². The fourth-order valence-electron chi connectivity index (χ4n) is 3.34. The molecule has 1 N–H and O–H groups in total. The van der Waals surface area contributed by atoms with Gasteiger partial charge in [0.2, 0.25) is 0 Å². The Bertz CT molecular complexity index is 891. The second-order valence-corrected chi connectivity index (χ2v) is 6.81. The van der Waals surface area contributed by atoms with Gasteiger partial charge in [0.15, 0.2) is 5.65 Å². The van der Waals surface area contributed by atoms with Crippen LogP contribution >= 0.6 is 15.9 Å². The van der Waals surface area contributed by atoms with Crippen molar-refractivity contribution in [3.63, 3.8) is 0 Å². The van der Waals surface area contributed by atoms with Crippen LogP contribution in [0.3, 0.4) is 0 Å². The van der Waals surface area contributed by atoms with Crippen molar-refractivity contribution < 1.29 is 4.74 Å². The second kappa shape index (κ2) is 5.32. The topological polar surface area (TPSA) is 51.5 Å². The lowest BCUT2D eigenvalue weighted by Crippen LogP contribution is -2.46. The molecule has 0 radical (unpaired) electrons. The van der Waals surface area contributed by atoms with Gasteiger partial charge in [0, 0.05) is 30.6 Å². The number of aromatic nitrogens is 3. The first kappa shape index (κ1) is 14.7. The average molecular weight is 373 g/mol. The Kier molecular flexibility index (Phi) is 3.39. The van der Waals surface area contributed by atoms with Crippen molar-refractivity contribution >= 4 is 21.6 Å². The molecule has 0 spiro atoms. The maximum absolute atomic E-state index is 5.54. The molecule has 1 aliphatic heterocycles. The first-order valence-electron chi connectivity index (χ1n) is 7.54. The lowest BCUT2D eigenvalue weighted by molar-refractivity contribution is 0.375. The molecule has 1 aliphatic rings. The van der Waals surface area contributed by atoms with E-state index < -0.39 is 0 Å². The summed E-state index contributed by atoms with van der Waals surface area (Å²) in [6.07, 6.45) is 4.66. The summed E-state index contributed by atoms with van der Waals surface area (Å²) in [7, 11) is 1.72. The highest BCUT2D eigenvalue weighted by atomic mass is 79.9. The maximum atomic E-state index is 5.54. The van der Waals surface area contributed by atoms with Gasteiger partial charge >= 0.3 is 0 Å². The van der Waals surface area contributed by atoms with Gasteiger partial charge in [-0.1, -0.05) is 12.1 Å². The molecule has 0 amide bonds. The van der Waals surface area contributed by atoms with Gasteiger partial charge in [0.05, 0.1) is 22.8 Å². The highest BCUT2D eigenvalue weighted by molar-refractivity contribution is 9.10. The van der Waals surface area contributed by atoms with Crippen molar-refractivity contribution in [1.82, 2.24) is 19.9 Å². The van der Waals surface area contributed by atoms with Gasteiger partial charge in [-0.05, 0) is 40.9 Å². The van der Waals surface area contributed by atoms with Crippen LogP contribution in [-0.4, -0.2) is 28.3 Å². The standard InChI is InChI=1S/C17H17BrN4O/c1-17(15-8-16-19-9-11(18)10-22(16)21-15)13-4-3-5-14(23-2)12(13)6-7-20-17/h3-5,8-10,20H,6-7H2,1-2H3. The number of benzene rings is 1. The number of nitrogens with one attached hydrogen (secondary N) is 1. The number of halogens is 1. The molecule has 1 atom stereocenters. The van der Waals surface area contributed by atoms with Crippen molar-refractivity contribution in [2.45, 2.75) is 18.9 Å². The van der Waals surface area contributed by atoms with E-state index in [-0.39, 0.29) is 5.54 Å². The Morgan fingerprint density at radius 2 is 2.26 bits per heavy atom. The number of rotatable bonds is 2. The molecule has 2 aromatic heterocycles. The van der Waals surface area contributed by atoms with Crippen LogP contribution in [0.2, 0.25) is 0 Å². The Hall–Kier alpha value is -1.92. The summed E-state index contributed by atoms with van der Waals surface area (Å²) in [5, 5.41) is 8.37. The lowest BCUT2D eigenvalue weighted by atomic mass is 9.81. The molecule has 0 saturated heterocycles. The number of methoxy groups -OCH3 is 1. The van der Waals surface area contributed by atoms with Gasteiger partial charge in [-0.3, -0.25) is 0 Å². The summed E-state index contributed by atoms with van der Waals surface area (Å²) in [6, 6.07) is 8.24. The summed E-state index contributed by atoms with van der Waals surface area (Å²) in [4.78, 5) is 4.42. The van der Waals surface area contributed by atoms with E-state index in [1.807, 2.05) is 24.4 Å². The predicted octanol–water partition coefficient (Wildman–Crippen LogP) is 2.91. The fraction of sp³-hybridized carbons (Fsp3) is 0.294. The van der Waals surface area contributed by atoms with E-state index in [4.69, 9.17) is 9.84 Å². The zero-order valence-electron chi connectivity index (χ0n) is 13.0. The highest BCUT2D eigenvalue weighted by Gasteiger charge is 2.37. The van der Waals surface area contributed by atoms with E-state index >= 15 is 0 Å². The minimum atomic E-state index is -0.359. The van der Waals surface area contributed by atoms with Crippen LogP contribution < -0.4 is 10.1 Å². The SMILES string of the molecule is COc1cccc2c1CCNC2(C)c1cc2ncc(Br)cn2n1. The van der Waals surface area contributed by atoms with E-state index in [0.717, 1.165) is 34.5 Å². The smallest absolute Gasteiger partial charge is 0.155 e. The Morgan fingerprint density at radius 3 is 3.09 bits per heavy atom. The van der Waals surface area contributed by atoms with Gasteiger partial charge < -0.3 is 10.1 Å². The third kappa shape index (κ3) is 2.24. The average Bonchev–Trinajstić information content (AvgIpc) is 2.98. The number of ether oxygens (including phenoxy) is 1. The first-order valence-corrected chi connectivity index (χ1v) is 8.34. The van der Waals surface area contributed by atoms with Gasteiger partial charge in [0.1, 0.15) is 5.75 Å². The summed E-state index contributed by atoms with van der Waals surface area (Å²) in [5.41, 5.74) is 3.90. The molecule has 3 aromatic rings. The normalized spacial score (nSPS) is 20.5. The van der Waals surface area contributed by atoms with Crippen LogP contribution in [0.25, 0.3) is 5.65 Å². The Morgan fingerprint density at radius 1 is 1.39 bits per heavy atom. The monoisotopic (exact) mass is 372 g/mol. The molecule has 1 unspecified atom stereocenters. The highest BCUT2D eigenvalue weighted by Crippen LogP contribution is 2.38. The van der Waals surface area contributed by atoms with E-state index in [0.29, 0.717) is 0 Å². The first-order chi connectivity index (χ1) is 11.1. The minimum absolute atomic E-state index is 0.359. The van der Waals surface area contributed by atoms with Gasteiger partial charge in [-0.2, -0.15) is 5.10 Å². The second-order valence-electron chi connectivity index (χ2n) is 5.89. The molecule has 4 rings (SSSR count). The summed E-state index contributed by atoms with van der Waals surface area (Å²) >= 11 is 3.44. The van der Waals surface area contributed by atoms with Crippen molar-refractivity contribution in [1.29, 1.82) is 0 Å². The predicted molar refractivity (Wildman–Crippen MR) is 91.8 cm³/mol. The Labute approximate surface area is 142 Å². The number of hydrogen-bond acceptors (Lipinski definition) is 4. The third-order valence-corrected chi connectivity index (χ3v) is 4.95. The summed E-state index contributed by atoms with van der Waals surface area (Å²) in [6.45, 7) is 3.05. The van der Waals surface area contributed by atoms with Crippen LogP contribution in [0.1, 0.15) is 23.7 Å². The minimum Gasteiger partial charge on any atom is -0.496 e. The lowest BCUT2D eigenvalue weighted by Gasteiger charge is -2.36. The Balaban J connectivity index is 1.91. The van der Waals surface area contributed by atoms with Gasteiger partial charge in [-0.25, -0.2) is 9.50 Å². The molecule has 0 fully saturated rings. The molecule has 1 aromatic carbocycles. The zero-order valence-corrected chi connectivity index (χ0v) is 14.6. The van der Waals surface area contributed by atoms with Crippen molar-refractivity contribution in [3.8, 4) is 5.75 Å².